The molecule has 0 amide bonds. The molecule has 0 radical (unpaired) electrons. The largest absolute Gasteiger partial charge is 0.399 e. The van der Waals surface area contributed by atoms with Crippen LogP contribution in [0.15, 0.2) is 60.9 Å². The van der Waals surface area contributed by atoms with Crippen molar-refractivity contribution in [1.29, 1.82) is 0 Å². The quantitative estimate of drug-likeness (QED) is 0.484. The Labute approximate surface area is 162 Å². The van der Waals surface area contributed by atoms with Crippen LogP contribution in [0.1, 0.15) is 0 Å². The number of benzene rings is 2. The van der Waals surface area contributed by atoms with Gasteiger partial charge in [-0.2, -0.15) is 0 Å². The van der Waals surface area contributed by atoms with E-state index in [1.54, 1.807) is 24.4 Å². The van der Waals surface area contributed by atoms with Crippen LogP contribution in [0.25, 0.3) is 22.2 Å². The standard InChI is InChI=1S/C19H16ClN5.ClH/c1-25-11-14(13-4-2-3-5-18(13)25)16-8-9-22-19(23-16)24-17-10-12(21)6-7-15(17)20;/h2-11H,21H2,1H3,(H,22,23,24);1H. The van der Waals surface area contributed by atoms with E-state index in [0.29, 0.717) is 22.3 Å². The number of anilines is 3. The summed E-state index contributed by atoms with van der Waals surface area (Å²) in [5, 5.41) is 4.85. The molecule has 0 fully saturated rings. The summed E-state index contributed by atoms with van der Waals surface area (Å²) in [6.45, 7) is 0. The average Bonchev–Trinajstić information content (AvgIpc) is 2.96. The van der Waals surface area contributed by atoms with Crippen LogP contribution >= 0.6 is 24.0 Å². The molecular weight excluding hydrogens is 369 g/mol. The Morgan fingerprint density at radius 2 is 1.92 bits per heavy atom. The Kier molecular flexibility index (Phi) is 5.02. The SMILES string of the molecule is Cl.Cn1cc(-c2ccnc(Nc3cc(N)ccc3Cl)n2)c2ccccc21. The second kappa shape index (κ2) is 7.23. The third-order valence-corrected chi connectivity index (χ3v) is 4.39. The molecule has 0 aliphatic heterocycles. The molecule has 26 heavy (non-hydrogen) atoms. The van der Waals surface area contributed by atoms with Crippen LogP contribution in [0.4, 0.5) is 17.3 Å². The van der Waals surface area contributed by atoms with E-state index in [1.807, 2.05) is 25.2 Å². The number of halogens is 2. The van der Waals surface area contributed by atoms with Crippen LogP contribution in [0.5, 0.6) is 0 Å². The summed E-state index contributed by atoms with van der Waals surface area (Å²) < 4.78 is 2.09. The number of hydrogen-bond donors (Lipinski definition) is 2. The molecule has 0 saturated carbocycles. The van der Waals surface area contributed by atoms with E-state index in [1.165, 1.54) is 0 Å². The van der Waals surface area contributed by atoms with Crippen molar-refractivity contribution in [1.82, 2.24) is 14.5 Å². The first kappa shape index (κ1) is 18.0. The van der Waals surface area contributed by atoms with Gasteiger partial charge in [0, 0.05) is 41.6 Å². The highest BCUT2D eigenvalue weighted by Crippen LogP contribution is 2.30. The molecule has 5 nitrogen and oxygen atoms in total. The van der Waals surface area contributed by atoms with Crippen LogP contribution in [0, 0.1) is 0 Å². The molecule has 0 aliphatic rings. The van der Waals surface area contributed by atoms with E-state index in [-0.39, 0.29) is 12.4 Å². The van der Waals surface area contributed by atoms with E-state index in [0.717, 1.165) is 22.2 Å². The molecule has 2 aromatic heterocycles. The Balaban J connectivity index is 0.00000196. The van der Waals surface area contributed by atoms with Gasteiger partial charge in [0.05, 0.1) is 16.4 Å². The zero-order valence-corrected chi connectivity index (χ0v) is 15.6. The molecule has 0 bridgehead atoms. The smallest absolute Gasteiger partial charge is 0.227 e. The van der Waals surface area contributed by atoms with Crippen molar-refractivity contribution in [2.24, 2.45) is 7.05 Å². The molecule has 4 rings (SSSR count). The molecular formula is C19H17Cl2N5. The van der Waals surface area contributed by atoms with E-state index in [9.17, 15) is 0 Å². The van der Waals surface area contributed by atoms with Crippen molar-refractivity contribution in [3.63, 3.8) is 0 Å². The van der Waals surface area contributed by atoms with Crippen LogP contribution < -0.4 is 11.1 Å². The Morgan fingerprint density at radius 3 is 2.77 bits per heavy atom. The first-order valence-corrected chi connectivity index (χ1v) is 8.19. The maximum atomic E-state index is 6.21. The van der Waals surface area contributed by atoms with Crippen molar-refractivity contribution in [3.05, 3.63) is 65.9 Å². The molecule has 0 atom stereocenters. The van der Waals surface area contributed by atoms with Gasteiger partial charge in [0.2, 0.25) is 5.95 Å². The van der Waals surface area contributed by atoms with E-state index >= 15 is 0 Å². The Bertz CT molecular complexity index is 1070. The summed E-state index contributed by atoms with van der Waals surface area (Å²) in [7, 11) is 2.03. The molecule has 132 valence electrons. The summed E-state index contributed by atoms with van der Waals surface area (Å²) in [5.41, 5.74) is 10.2. The maximum absolute atomic E-state index is 6.21. The first-order valence-electron chi connectivity index (χ1n) is 7.81. The molecule has 0 unspecified atom stereocenters. The predicted octanol–water partition coefficient (Wildman–Crippen LogP) is 5.04. The third-order valence-electron chi connectivity index (χ3n) is 4.07. The van der Waals surface area contributed by atoms with Crippen LogP contribution in [0.3, 0.4) is 0 Å². The molecule has 7 heteroatoms. The van der Waals surface area contributed by atoms with Crippen molar-refractivity contribution in [2.45, 2.75) is 0 Å². The number of nitrogen functional groups attached to an aromatic ring is 1. The average molecular weight is 386 g/mol. The highest BCUT2D eigenvalue weighted by Gasteiger charge is 2.11. The minimum absolute atomic E-state index is 0. The van der Waals surface area contributed by atoms with Gasteiger partial charge in [0.25, 0.3) is 0 Å². The van der Waals surface area contributed by atoms with Gasteiger partial charge in [-0.05, 0) is 30.3 Å². The normalized spacial score (nSPS) is 10.5. The molecule has 0 saturated heterocycles. The topological polar surface area (TPSA) is 68.8 Å². The zero-order valence-electron chi connectivity index (χ0n) is 14.0. The first-order chi connectivity index (χ1) is 12.1. The lowest BCUT2D eigenvalue weighted by molar-refractivity contribution is 0.969. The van der Waals surface area contributed by atoms with Gasteiger partial charge in [0.15, 0.2) is 0 Å². The molecule has 0 aliphatic carbocycles. The Hall–Kier alpha value is -2.76. The van der Waals surface area contributed by atoms with Crippen molar-refractivity contribution < 1.29 is 0 Å². The maximum Gasteiger partial charge on any atom is 0.227 e. The van der Waals surface area contributed by atoms with Gasteiger partial charge < -0.3 is 15.6 Å². The number of aromatic nitrogens is 3. The number of nitrogens with zero attached hydrogens (tertiary/aromatic N) is 3. The van der Waals surface area contributed by atoms with Crippen LogP contribution in [-0.4, -0.2) is 14.5 Å². The Morgan fingerprint density at radius 1 is 1.12 bits per heavy atom. The summed E-state index contributed by atoms with van der Waals surface area (Å²) in [4.78, 5) is 8.93. The van der Waals surface area contributed by atoms with Gasteiger partial charge >= 0.3 is 0 Å². The summed E-state index contributed by atoms with van der Waals surface area (Å²) in [6.07, 6.45) is 3.80. The number of rotatable bonds is 3. The summed E-state index contributed by atoms with van der Waals surface area (Å²) in [5.74, 6) is 0.470. The fourth-order valence-corrected chi connectivity index (χ4v) is 3.04. The highest BCUT2D eigenvalue weighted by molar-refractivity contribution is 6.33. The van der Waals surface area contributed by atoms with Gasteiger partial charge in [-0.1, -0.05) is 29.8 Å². The van der Waals surface area contributed by atoms with Crippen LogP contribution in [-0.2, 0) is 7.05 Å². The fraction of sp³-hybridized carbons (Fsp3) is 0.0526. The number of hydrogen-bond acceptors (Lipinski definition) is 4. The number of fused-ring (bicyclic) bond motifs is 1. The van der Waals surface area contributed by atoms with Crippen molar-refractivity contribution in [2.75, 3.05) is 11.1 Å². The predicted molar refractivity (Wildman–Crippen MR) is 110 cm³/mol. The summed E-state index contributed by atoms with van der Waals surface area (Å²) in [6, 6.07) is 15.4. The number of nitrogens with one attached hydrogen (secondary N) is 1. The van der Waals surface area contributed by atoms with Crippen molar-refractivity contribution in [3.8, 4) is 11.3 Å². The van der Waals surface area contributed by atoms with E-state index in [4.69, 9.17) is 17.3 Å². The highest BCUT2D eigenvalue weighted by atomic mass is 35.5. The lowest BCUT2D eigenvalue weighted by Crippen LogP contribution is -1.99. The lowest BCUT2D eigenvalue weighted by Gasteiger charge is -2.08. The molecule has 4 aromatic rings. The number of para-hydroxylation sites is 1. The molecule has 0 spiro atoms. The zero-order chi connectivity index (χ0) is 17.4. The minimum Gasteiger partial charge on any atom is -0.399 e. The lowest BCUT2D eigenvalue weighted by atomic mass is 10.1. The number of nitrogens with two attached hydrogens (primary N) is 1. The van der Waals surface area contributed by atoms with Gasteiger partial charge in [-0.15, -0.1) is 12.4 Å². The molecule has 2 heterocycles. The minimum atomic E-state index is 0. The van der Waals surface area contributed by atoms with Crippen molar-refractivity contribution >= 4 is 52.2 Å². The monoisotopic (exact) mass is 385 g/mol. The van der Waals surface area contributed by atoms with Gasteiger partial charge in [-0.3, -0.25) is 0 Å². The fourth-order valence-electron chi connectivity index (χ4n) is 2.87. The van der Waals surface area contributed by atoms with Crippen LogP contribution in [0.2, 0.25) is 5.02 Å². The molecule has 3 N–H and O–H groups in total. The third kappa shape index (κ3) is 3.31. The van der Waals surface area contributed by atoms with E-state index in [2.05, 4.69) is 38.2 Å². The number of aryl methyl sites for hydroxylation is 1. The van der Waals surface area contributed by atoms with Gasteiger partial charge in [-0.25, -0.2) is 9.97 Å². The second-order valence-electron chi connectivity index (χ2n) is 5.80. The second-order valence-corrected chi connectivity index (χ2v) is 6.21. The van der Waals surface area contributed by atoms with E-state index < -0.39 is 0 Å². The van der Waals surface area contributed by atoms with Gasteiger partial charge in [0.1, 0.15) is 0 Å². The summed E-state index contributed by atoms with van der Waals surface area (Å²) >= 11 is 6.21. The molecule has 2 aromatic carbocycles.